The van der Waals surface area contributed by atoms with Crippen molar-refractivity contribution in [2.45, 2.75) is 13.0 Å². The first-order chi connectivity index (χ1) is 7.70. The van der Waals surface area contributed by atoms with Crippen LogP contribution in [-0.4, -0.2) is 49.6 Å². The Hall–Kier alpha value is -0.840. The Labute approximate surface area is 97.0 Å². The summed E-state index contributed by atoms with van der Waals surface area (Å²) in [5, 5.41) is 0. The molecule has 0 radical (unpaired) electrons. The second kappa shape index (κ2) is 4.99. The summed E-state index contributed by atoms with van der Waals surface area (Å²) >= 11 is 0. The van der Waals surface area contributed by atoms with E-state index in [1.165, 1.54) is 0 Å². The van der Waals surface area contributed by atoms with Crippen molar-refractivity contribution in [1.82, 2.24) is 9.80 Å². The third kappa shape index (κ3) is 2.45. The van der Waals surface area contributed by atoms with Crippen molar-refractivity contribution >= 4 is 0 Å². The van der Waals surface area contributed by atoms with Crippen LogP contribution in [0, 0.1) is 6.92 Å². The fourth-order valence-electron chi connectivity index (χ4n) is 2.21. The van der Waals surface area contributed by atoms with Gasteiger partial charge in [0.15, 0.2) is 0 Å². The highest BCUT2D eigenvalue weighted by Gasteiger charge is 2.24. The molecule has 0 bridgehead atoms. The fourth-order valence-corrected chi connectivity index (χ4v) is 2.21. The van der Waals surface area contributed by atoms with E-state index in [1.807, 2.05) is 19.1 Å². The van der Waals surface area contributed by atoms with E-state index < -0.39 is 0 Å². The number of piperazine rings is 1. The predicted octanol–water partition coefficient (Wildman–Crippen LogP) is 0.835. The number of hydrogen-bond acceptors (Lipinski definition) is 4. The predicted molar refractivity (Wildman–Crippen MR) is 64.3 cm³/mol. The Morgan fingerprint density at radius 2 is 2.00 bits per heavy atom. The van der Waals surface area contributed by atoms with Gasteiger partial charge in [0.25, 0.3) is 0 Å². The van der Waals surface area contributed by atoms with Crippen molar-refractivity contribution in [3.63, 3.8) is 0 Å². The Bertz CT molecular complexity index is 329. The molecule has 1 atom stereocenters. The first-order valence-corrected chi connectivity index (χ1v) is 5.89. The quantitative estimate of drug-likeness (QED) is 0.824. The lowest BCUT2D eigenvalue weighted by molar-refractivity contribution is 0.103. The van der Waals surface area contributed by atoms with Gasteiger partial charge in [-0.15, -0.1) is 0 Å². The summed E-state index contributed by atoms with van der Waals surface area (Å²) in [5.74, 6) is 1.96. The second-order valence-corrected chi connectivity index (χ2v) is 4.54. The molecular formula is C12H21N3O. The molecule has 16 heavy (non-hydrogen) atoms. The standard InChI is InChI=1S/C12H21N3O/c1-10-3-4-12(16-10)11(9-13)15-7-5-14(2)6-8-15/h3-4,11H,5-9,13H2,1-2H3. The lowest BCUT2D eigenvalue weighted by Gasteiger charge is -2.36. The minimum absolute atomic E-state index is 0.238. The smallest absolute Gasteiger partial charge is 0.122 e. The molecule has 0 spiro atoms. The van der Waals surface area contributed by atoms with Gasteiger partial charge in [0.2, 0.25) is 0 Å². The molecule has 1 aromatic rings. The number of aryl methyl sites for hydroxylation is 1. The molecule has 1 aromatic heterocycles. The average Bonchev–Trinajstić information content (AvgIpc) is 2.69. The maximum absolute atomic E-state index is 5.86. The van der Waals surface area contributed by atoms with E-state index >= 15 is 0 Å². The van der Waals surface area contributed by atoms with E-state index in [4.69, 9.17) is 10.2 Å². The van der Waals surface area contributed by atoms with Gasteiger partial charge in [0, 0.05) is 32.7 Å². The largest absolute Gasteiger partial charge is 0.465 e. The molecule has 4 nitrogen and oxygen atoms in total. The minimum atomic E-state index is 0.238. The highest BCUT2D eigenvalue weighted by Crippen LogP contribution is 2.22. The SMILES string of the molecule is Cc1ccc(C(CN)N2CCN(C)CC2)o1. The summed E-state index contributed by atoms with van der Waals surface area (Å²) in [6.07, 6.45) is 0. The van der Waals surface area contributed by atoms with Gasteiger partial charge in [-0.1, -0.05) is 0 Å². The van der Waals surface area contributed by atoms with Gasteiger partial charge in [0.1, 0.15) is 11.5 Å². The van der Waals surface area contributed by atoms with Crippen LogP contribution in [0.2, 0.25) is 0 Å². The topological polar surface area (TPSA) is 45.6 Å². The third-order valence-corrected chi connectivity index (χ3v) is 3.29. The van der Waals surface area contributed by atoms with E-state index in [2.05, 4.69) is 16.8 Å². The molecule has 0 aliphatic carbocycles. The molecule has 1 unspecified atom stereocenters. The van der Waals surface area contributed by atoms with Crippen molar-refractivity contribution in [2.75, 3.05) is 39.8 Å². The second-order valence-electron chi connectivity index (χ2n) is 4.54. The van der Waals surface area contributed by atoms with Crippen LogP contribution in [0.25, 0.3) is 0 Å². The van der Waals surface area contributed by atoms with Gasteiger partial charge in [-0.05, 0) is 26.1 Å². The molecule has 4 heteroatoms. The number of nitrogens with zero attached hydrogens (tertiary/aromatic N) is 2. The Kier molecular flexibility index (Phi) is 3.63. The van der Waals surface area contributed by atoms with E-state index in [1.54, 1.807) is 0 Å². The lowest BCUT2D eigenvalue weighted by atomic mass is 10.1. The Balaban J connectivity index is 2.05. The lowest BCUT2D eigenvalue weighted by Crippen LogP contribution is -2.47. The first-order valence-electron chi connectivity index (χ1n) is 5.89. The third-order valence-electron chi connectivity index (χ3n) is 3.29. The van der Waals surface area contributed by atoms with Crippen molar-refractivity contribution in [1.29, 1.82) is 0 Å². The number of furan rings is 1. The summed E-state index contributed by atoms with van der Waals surface area (Å²) in [7, 11) is 2.16. The van der Waals surface area contributed by atoms with Crippen LogP contribution in [0.4, 0.5) is 0 Å². The average molecular weight is 223 g/mol. The zero-order valence-electron chi connectivity index (χ0n) is 10.1. The number of nitrogens with two attached hydrogens (primary N) is 1. The van der Waals surface area contributed by atoms with Gasteiger partial charge in [-0.3, -0.25) is 4.90 Å². The Morgan fingerprint density at radius 3 is 2.50 bits per heavy atom. The van der Waals surface area contributed by atoms with Gasteiger partial charge < -0.3 is 15.1 Å². The zero-order chi connectivity index (χ0) is 11.5. The van der Waals surface area contributed by atoms with Gasteiger partial charge >= 0.3 is 0 Å². The van der Waals surface area contributed by atoms with Crippen LogP contribution >= 0.6 is 0 Å². The van der Waals surface area contributed by atoms with Gasteiger partial charge in [-0.25, -0.2) is 0 Å². The van der Waals surface area contributed by atoms with Crippen molar-refractivity contribution in [2.24, 2.45) is 5.73 Å². The van der Waals surface area contributed by atoms with E-state index in [9.17, 15) is 0 Å². The van der Waals surface area contributed by atoms with Gasteiger partial charge in [-0.2, -0.15) is 0 Å². The van der Waals surface area contributed by atoms with Crippen molar-refractivity contribution in [3.8, 4) is 0 Å². The van der Waals surface area contributed by atoms with Crippen molar-refractivity contribution < 1.29 is 4.42 Å². The van der Waals surface area contributed by atoms with Crippen LogP contribution in [-0.2, 0) is 0 Å². The minimum Gasteiger partial charge on any atom is -0.465 e. The number of hydrogen-bond donors (Lipinski definition) is 1. The molecule has 1 aliphatic heterocycles. The maximum Gasteiger partial charge on any atom is 0.122 e. The summed E-state index contributed by atoms with van der Waals surface area (Å²) in [5.41, 5.74) is 5.86. The van der Waals surface area contributed by atoms with Crippen LogP contribution in [0.1, 0.15) is 17.6 Å². The highest BCUT2D eigenvalue weighted by atomic mass is 16.3. The first kappa shape index (κ1) is 11.6. The van der Waals surface area contributed by atoms with E-state index in [0.717, 1.165) is 37.7 Å². The van der Waals surface area contributed by atoms with E-state index in [-0.39, 0.29) is 6.04 Å². The summed E-state index contributed by atoms with van der Waals surface area (Å²) < 4.78 is 5.68. The van der Waals surface area contributed by atoms with Crippen LogP contribution in [0.15, 0.2) is 16.5 Å². The van der Waals surface area contributed by atoms with E-state index in [0.29, 0.717) is 6.54 Å². The molecule has 0 aromatic carbocycles. The summed E-state index contributed by atoms with van der Waals surface area (Å²) in [4.78, 5) is 4.76. The summed E-state index contributed by atoms with van der Waals surface area (Å²) in [6.45, 7) is 6.94. The molecule has 0 saturated carbocycles. The van der Waals surface area contributed by atoms with Crippen molar-refractivity contribution in [3.05, 3.63) is 23.7 Å². The molecular weight excluding hydrogens is 202 g/mol. The molecule has 1 aliphatic rings. The normalized spacial score (nSPS) is 21.2. The highest BCUT2D eigenvalue weighted by molar-refractivity contribution is 5.10. The molecule has 0 amide bonds. The Morgan fingerprint density at radius 1 is 1.31 bits per heavy atom. The molecule has 2 rings (SSSR count). The molecule has 1 fully saturated rings. The van der Waals surface area contributed by atoms with Gasteiger partial charge in [0.05, 0.1) is 6.04 Å². The monoisotopic (exact) mass is 223 g/mol. The van der Waals surface area contributed by atoms with Crippen LogP contribution in [0.5, 0.6) is 0 Å². The summed E-state index contributed by atoms with van der Waals surface area (Å²) in [6, 6.07) is 4.29. The molecule has 90 valence electrons. The van der Waals surface area contributed by atoms with Crippen LogP contribution in [0.3, 0.4) is 0 Å². The number of rotatable bonds is 3. The fraction of sp³-hybridized carbons (Fsp3) is 0.667. The zero-order valence-corrected chi connectivity index (χ0v) is 10.1. The number of likely N-dealkylation sites (N-methyl/N-ethyl adjacent to an activating group) is 1. The molecule has 1 saturated heterocycles. The van der Waals surface area contributed by atoms with Crippen LogP contribution < -0.4 is 5.73 Å². The maximum atomic E-state index is 5.86. The molecule has 2 heterocycles. The molecule has 2 N–H and O–H groups in total.